The molecule has 3 aromatic carbocycles. The molecule has 2 N–H and O–H groups in total. The Bertz CT molecular complexity index is 1180. The predicted octanol–water partition coefficient (Wildman–Crippen LogP) is 5.89. The molecule has 0 aliphatic carbocycles. The highest BCUT2D eigenvalue weighted by Gasteiger charge is 2.19. The number of benzene rings is 3. The van der Waals surface area contributed by atoms with Crippen LogP contribution in [0.1, 0.15) is 31.1 Å². The van der Waals surface area contributed by atoms with Crippen LogP contribution >= 0.6 is 45.8 Å². The predicted molar refractivity (Wildman–Crippen MR) is 129 cm³/mol. The first-order valence-corrected chi connectivity index (χ1v) is 10.7. The number of halogens is 3. The van der Waals surface area contributed by atoms with Gasteiger partial charge in [0, 0.05) is 14.2 Å². The zero-order valence-electron chi connectivity index (χ0n) is 16.0. The summed E-state index contributed by atoms with van der Waals surface area (Å²) in [6, 6.07) is 15.9. The fourth-order valence-corrected chi connectivity index (χ4v) is 3.67. The molecule has 31 heavy (non-hydrogen) atoms. The van der Waals surface area contributed by atoms with Crippen LogP contribution < -0.4 is 10.6 Å². The van der Waals surface area contributed by atoms with Crippen molar-refractivity contribution in [3.05, 3.63) is 91.0 Å². The Kier molecular flexibility index (Phi) is 7.53. The molecular formula is C22H15Cl2IN2O4. The second-order valence-corrected chi connectivity index (χ2v) is 8.27. The molecule has 0 bridgehead atoms. The zero-order valence-corrected chi connectivity index (χ0v) is 19.7. The van der Waals surface area contributed by atoms with Crippen LogP contribution in [-0.4, -0.2) is 24.9 Å². The molecule has 0 spiro atoms. The van der Waals surface area contributed by atoms with E-state index in [1.54, 1.807) is 30.3 Å². The first-order valence-electron chi connectivity index (χ1n) is 8.85. The van der Waals surface area contributed by atoms with Crippen LogP contribution in [0.25, 0.3) is 0 Å². The number of nitrogens with one attached hydrogen (secondary N) is 2. The maximum absolute atomic E-state index is 12.8. The van der Waals surface area contributed by atoms with Crippen molar-refractivity contribution in [3.63, 3.8) is 0 Å². The Balaban J connectivity index is 1.94. The van der Waals surface area contributed by atoms with Gasteiger partial charge in [0.15, 0.2) is 0 Å². The maximum atomic E-state index is 12.8. The van der Waals surface area contributed by atoms with Crippen molar-refractivity contribution in [2.75, 3.05) is 17.7 Å². The molecule has 9 heteroatoms. The van der Waals surface area contributed by atoms with Crippen molar-refractivity contribution in [2.45, 2.75) is 0 Å². The molecule has 3 aromatic rings. The van der Waals surface area contributed by atoms with Crippen molar-refractivity contribution in [2.24, 2.45) is 0 Å². The smallest absolute Gasteiger partial charge is 0.339 e. The summed E-state index contributed by atoms with van der Waals surface area (Å²) in [6.07, 6.45) is 0. The third-order valence-electron chi connectivity index (χ3n) is 4.23. The second kappa shape index (κ2) is 10.1. The van der Waals surface area contributed by atoms with Gasteiger partial charge in [0.25, 0.3) is 11.8 Å². The van der Waals surface area contributed by atoms with E-state index in [1.165, 1.54) is 31.4 Å². The number of hydrogen-bond donors (Lipinski definition) is 2. The van der Waals surface area contributed by atoms with E-state index in [0.29, 0.717) is 21.3 Å². The average Bonchev–Trinajstić information content (AvgIpc) is 2.76. The molecule has 0 atom stereocenters. The summed E-state index contributed by atoms with van der Waals surface area (Å²) in [5.41, 5.74) is 1.21. The number of ether oxygens (including phenoxy) is 1. The average molecular weight is 569 g/mol. The minimum Gasteiger partial charge on any atom is -0.465 e. The van der Waals surface area contributed by atoms with Crippen molar-refractivity contribution in [3.8, 4) is 0 Å². The highest BCUT2D eigenvalue weighted by atomic mass is 127. The number of rotatable bonds is 5. The first-order chi connectivity index (χ1) is 14.8. The summed E-state index contributed by atoms with van der Waals surface area (Å²) in [6.45, 7) is 0. The van der Waals surface area contributed by atoms with E-state index >= 15 is 0 Å². The minimum absolute atomic E-state index is 0.110. The normalized spacial score (nSPS) is 10.3. The van der Waals surface area contributed by atoms with Gasteiger partial charge in [0.1, 0.15) is 0 Å². The van der Waals surface area contributed by atoms with Gasteiger partial charge in [-0.2, -0.15) is 0 Å². The third-order valence-corrected chi connectivity index (χ3v) is 5.74. The van der Waals surface area contributed by atoms with Gasteiger partial charge in [-0.25, -0.2) is 4.79 Å². The van der Waals surface area contributed by atoms with Crippen LogP contribution in [0.2, 0.25) is 10.0 Å². The van der Waals surface area contributed by atoms with Gasteiger partial charge in [-0.1, -0.05) is 35.3 Å². The van der Waals surface area contributed by atoms with Gasteiger partial charge in [0.05, 0.1) is 34.6 Å². The number of carbonyl (C=O) groups is 3. The van der Waals surface area contributed by atoms with Gasteiger partial charge in [0.2, 0.25) is 0 Å². The lowest BCUT2D eigenvalue weighted by Crippen LogP contribution is -2.18. The molecule has 0 radical (unpaired) electrons. The molecule has 0 unspecified atom stereocenters. The van der Waals surface area contributed by atoms with Crippen LogP contribution in [0.5, 0.6) is 0 Å². The maximum Gasteiger partial charge on any atom is 0.339 e. The van der Waals surface area contributed by atoms with E-state index in [-0.39, 0.29) is 16.8 Å². The standard InChI is InChI=1S/C22H15Cl2IN2O4/c1-31-22(30)15-8-6-12(20(28)27-19-11-13(23)7-9-16(19)24)10-18(15)26-21(29)14-4-2-3-5-17(14)25/h2-11H,1H3,(H,26,29)(H,27,28). The highest BCUT2D eigenvalue weighted by molar-refractivity contribution is 14.1. The number of esters is 1. The third kappa shape index (κ3) is 5.55. The van der Waals surface area contributed by atoms with Crippen LogP contribution in [0.15, 0.2) is 60.7 Å². The van der Waals surface area contributed by atoms with E-state index in [2.05, 4.69) is 10.6 Å². The van der Waals surface area contributed by atoms with E-state index in [4.69, 9.17) is 27.9 Å². The molecule has 0 heterocycles. The SMILES string of the molecule is COC(=O)c1ccc(C(=O)Nc2cc(Cl)ccc2Cl)cc1NC(=O)c1ccccc1I. The van der Waals surface area contributed by atoms with Gasteiger partial charge in [-0.3, -0.25) is 9.59 Å². The molecular weight excluding hydrogens is 554 g/mol. The van der Waals surface area contributed by atoms with Crippen LogP contribution in [0.4, 0.5) is 11.4 Å². The Hall–Kier alpha value is -2.62. The Morgan fingerprint density at radius 3 is 2.26 bits per heavy atom. The lowest BCUT2D eigenvalue weighted by molar-refractivity contribution is 0.0601. The highest BCUT2D eigenvalue weighted by Crippen LogP contribution is 2.27. The van der Waals surface area contributed by atoms with Crippen molar-refractivity contribution >= 4 is 75.0 Å². The van der Waals surface area contributed by atoms with Gasteiger partial charge >= 0.3 is 5.97 Å². The summed E-state index contributed by atoms with van der Waals surface area (Å²) >= 11 is 14.1. The summed E-state index contributed by atoms with van der Waals surface area (Å²) in [5.74, 6) is -1.57. The number of methoxy groups -OCH3 is 1. The van der Waals surface area contributed by atoms with Crippen LogP contribution in [-0.2, 0) is 4.74 Å². The first kappa shape index (κ1) is 23.1. The van der Waals surface area contributed by atoms with E-state index in [1.807, 2.05) is 28.7 Å². The van der Waals surface area contributed by atoms with Crippen LogP contribution in [0, 0.1) is 3.57 Å². The molecule has 6 nitrogen and oxygen atoms in total. The molecule has 3 rings (SSSR count). The molecule has 2 amide bonds. The largest absolute Gasteiger partial charge is 0.465 e. The van der Waals surface area contributed by atoms with Gasteiger partial charge in [-0.15, -0.1) is 0 Å². The number of hydrogen-bond acceptors (Lipinski definition) is 4. The quantitative estimate of drug-likeness (QED) is 0.297. The monoisotopic (exact) mass is 568 g/mol. The molecule has 0 saturated heterocycles. The van der Waals surface area contributed by atoms with E-state index < -0.39 is 17.8 Å². The number of carbonyl (C=O) groups excluding carboxylic acids is 3. The molecule has 0 aromatic heterocycles. The molecule has 0 aliphatic heterocycles. The molecule has 158 valence electrons. The molecule has 0 saturated carbocycles. The number of amides is 2. The summed E-state index contributed by atoms with van der Waals surface area (Å²) in [5, 5.41) is 6.08. The van der Waals surface area contributed by atoms with E-state index in [9.17, 15) is 14.4 Å². The molecule has 0 fully saturated rings. The van der Waals surface area contributed by atoms with Crippen LogP contribution in [0.3, 0.4) is 0 Å². The summed E-state index contributed by atoms with van der Waals surface area (Å²) in [7, 11) is 1.23. The number of anilines is 2. The van der Waals surface area contributed by atoms with E-state index in [0.717, 1.165) is 3.57 Å². The molecule has 0 aliphatic rings. The van der Waals surface area contributed by atoms with Gasteiger partial charge in [-0.05, 0) is 71.1 Å². The summed E-state index contributed by atoms with van der Waals surface area (Å²) < 4.78 is 5.53. The lowest BCUT2D eigenvalue weighted by Gasteiger charge is -2.13. The van der Waals surface area contributed by atoms with Crippen molar-refractivity contribution in [1.29, 1.82) is 0 Å². The lowest BCUT2D eigenvalue weighted by atomic mass is 10.1. The topological polar surface area (TPSA) is 84.5 Å². The minimum atomic E-state index is -0.650. The van der Waals surface area contributed by atoms with Crippen molar-refractivity contribution < 1.29 is 19.1 Å². The Morgan fingerprint density at radius 2 is 1.55 bits per heavy atom. The van der Waals surface area contributed by atoms with Gasteiger partial charge < -0.3 is 15.4 Å². The second-order valence-electron chi connectivity index (χ2n) is 6.26. The Morgan fingerprint density at radius 1 is 0.839 bits per heavy atom. The Labute approximate surface area is 202 Å². The summed E-state index contributed by atoms with van der Waals surface area (Å²) in [4.78, 5) is 37.7. The fraction of sp³-hybridized carbons (Fsp3) is 0.0455. The zero-order chi connectivity index (χ0) is 22.5. The fourth-order valence-electron chi connectivity index (χ4n) is 2.70. The van der Waals surface area contributed by atoms with Crippen molar-refractivity contribution in [1.82, 2.24) is 0 Å².